The number of halogens is 1. The van der Waals surface area contributed by atoms with Crippen molar-refractivity contribution in [3.05, 3.63) is 0 Å². The van der Waals surface area contributed by atoms with E-state index in [-0.39, 0.29) is 22.5 Å². The van der Waals surface area contributed by atoms with Gasteiger partial charge in [0.25, 0.3) is 5.50 Å². The smallest absolute Gasteiger partial charge is 0.252 e. The Morgan fingerprint density at radius 1 is 1.60 bits per heavy atom. The van der Waals surface area contributed by atoms with Crippen molar-refractivity contribution in [1.82, 2.24) is 0 Å². The molecule has 2 N–H and O–H groups in total. The molecule has 0 saturated carbocycles. The predicted octanol–water partition coefficient (Wildman–Crippen LogP) is -2.77. The number of nitrogens with two attached hydrogens (primary N) is 1. The van der Waals surface area contributed by atoms with Gasteiger partial charge in [-0.05, 0) is 0 Å². The average molecular weight is 223 g/mol. The van der Waals surface area contributed by atoms with Crippen LogP contribution in [0, 0.1) is 0 Å². The van der Waals surface area contributed by atoms with Crippen molar-refractivity contribution in [1.29, 1.82) is 0 Å². The maximum absolute atomic E-state index is 5.79. The highest BCUT2D eigenvalue weighted by Crippen LogP contribution is 2.22. The molecule has 0 fully saturated rings. The first-order valence-electron chi connectivity index (χ1n) is 3.36. The summed E-state index contributed by atoms with van der Waals surface area (Å²) in [6, 6.07) is 0. The monoisotopic (exact) mass is 222 g/mol. The highest BCUT2D eigenvalue weighted by Gasteiger charge is 2.33. The molecule has 2 aliphatic rings. The van der Waals surface area contributed by atoms with Gasteiger partial charge in [-0.15, -0.1) is 0 Å². The van der Waals surface area contributed by atoms with Gasteiger partial charge >= 0.3 is 0 Å². The Hall–Kier alpha value is 0.460. The van der Waals surface area contributed by atoms with Crippen molar-refractivity contribution in [2.75, 3.05) is 12.3 Å². The Balaban J connectivity index is 0.000000500. The minimum absolute atomic E-state index is 0. The van der Waals surface area contributed by atoms with Crippen LogP contribution < -0.4 is 22.7 Å². The summed E-state index contributed by atoms with van der Waals surface area (Å²) in [5, 5.41) is 0. The highest BCUT2D eigenvalue weighted by atomic mass is 79.9. The van der Waals surface area contributed by atoms with Crippen molar-refractivity contribution in [2.24, 2.45) is 5.73 Å². The van der Waals surface area contributed by atoms with Crippen LogP contribution in [0.5, 0.6) is 0 Å². The summed E-state index contributed by atoms with van der Waals surface area (Å²) in [5.74, 6) is 1.18. The fourth-order valence-electron chi connectivity index (χ4n) is 1.49. The summed E-state index contributed by atoms with van der Waals surface area (Å²) < 4.78 is 2.34. The van der Waals surface area contributed by atoms with Gasteiger partial charge in [-0.25, -0.2) is 4.58 Å². The van der Waals surface area contributed by atoms with Crippen molar-refractivity contribution in [3.63, 3.8) is 0 Å². The van der Waals surface area contributed by atoms with Crippen LogP contribution in [-0.2, 0) is 0 Å². The van der Waals surface area contributed by atoms with Crippen LogP contribution >= 0.6 is 11.8 Å². The zero-order valence-corrected chi connectivity index (χ0v) is 8.12. The number of rotatable bonds is 0. The van der Waals surface area contributed by atoms with Crippen LogP contribution in [0.3, 0.4) is 0 Å². The minimum Gasteiger partial charge on any atom is -1.00 e. The third-order valence-corrected chi connectivity index (χ3v) is 3.09. The highest BCUT2D eigenvalue weighted by molar-refractivity contribution is 8.00. The van der Waals surface area contributed by atoms with Gasteiger partial charge in [0.15, 0.2) is 5.71 Å². The SMILES string of the molecule is NC1SCC2=[N+]1CCC2.[Br-]. The molecule has 2 nitrogen and oxygen atoms in total. The van der Waals surface area contributed by atoms with E-state index in [1.54, 1.807) is 5.71 Å². The van der Waals surface area contributed by atoms with Crippen molar-refractivity contribution >= 4 is 17.5 Å². The Morgan fingerprint density at radius 2 is 2.40 bits per heavy atom. The molecule has 2 aliphatic heterocycles. The van der Waals surface area contributed by atoms with Gasteiger partial charge in [0.2, 0.25) is 0 Å². The first kappa shape index (κ1) is 8.56. The number of thioether (sulfide) groups is 1. The molecule has 1 atom stereocenters. The van der Waals surface area contributed by atoms with Crippen LogP contribution in [0.1, 0.15) is 12.8 Å². The summed E-state index contributed by atoms with van der Waals surface area (Å²) in [6.45, 7) is 1.20. The molecule has 0 aromatic heterocycles. The maximum atomic E-state index is 5.79. The Morgan fingerprint density at radius 3 is 3.10 bits per heavy atom. The molecule has 2 rings (SSSR count). The van der Waals surface area contributed by atoms with E-state index in [4.69, 9.17) is 5.73 Å². The number of hydrogen-bond donors (Lipinski definition) is 1. The molecule has 58 valence electrons. The number of hydrogen-bond acceptors (Lipinski definition) is 2. The zero-order chi connectivity index (χ0) is 6.27. The normalized spacial score (nSPS) is 30.3. The fourth-order valence-corrected chi connectivity index (χ4v) is 2.60. The molecule has 1 unspecified atom stereocenters. The Kier molecular flexibility index (Phi) is 2.77. The second-order valence-electron chi connectivity index (χ2n) is 2.56. The van der Waals surface area contributed by atoms with Gasteiger partial charge in [0.05, 0.1) is 5.75 Å². The zero-order valence-electron chi connectivity index (χ0n) is 5.72. The van der Waals surface area contributed by atoms with E-state index in [1.165, 1.54) is 25.1 Å². The summed E-state index contributed by atoms with van der Waals surface area (Å²) in [6.07, 6.45) is 2.62. The largest absolute Gasteiger partial charge is 1.00 e. The van der Waals surface area contributed by atoms with Crippen LogP contribution in [0.4, 0.5) is 0 Å². The molecule has 0 spiro atoms. The first-order chi connectivity index (χ1) is 4.38. The van der Waals surface area contributed by atoms with Gasteiger partial charge in [-0.3, -0.25) is 5.73 Å². The van der Waals surface area contributed by atoms with E-state index < -0.39 is 0 Å². The summed E-state index contributed by atoms with van der Waals surface area (Å²) in [4.78, 5) is 0. The molecule has 10 heavy (non-hydrogen) atoms. The molecule has 0 aromatic rings. The van der Waals surface area contributed by atoms with Crippen LogP contribution in [-0.4, -0.2) is 28.1 Å². The molecule has 2 heterocycles. The van der Waals surface area contributed by atoms with Crippen molar-refractivity contribution < 1.29 is 21.6 Å². The molecule has 0 amide bonds. The summed E-state index contributed by atoms with van der Waals surface area (Å²) in [7, 11) is 0. The molecular formula is C6H11BrN2S. The first-order valence-corrected chi connectivity index (χ1v) is 4.41. The predicted molar refractivity (Wildman–Crippen MR) is 39.8 cm³/mol. The molecule has 0 radical (unpaired) electrons. The van der Waals surface area contributed by atoms with Crippen molar-refractivity contribution in [3.8, 4) is 0 Å². The Labute approximate surface area is 75.6 Å². The molecular weight excluding hydrogens is 212 g/mol. The fraction of sp³-hybridized carbons (Fsp3) is 0.833. The average Bonchev–Trinajstić information content (AvgIpc) is 2.35. The van der Waals surface area contributed by atoms with Crippen LogP contribution in [0.2, 0.25) is 0 Å². The molecule has 0 aliphatic carbocycles. The Bertz CT molecular complexity index is 169. The van der Waals surface area contributed by atoms with E-state index in [9.17, 15) is 0 Å². The lowest BCUT2D eigenvalue weighted by Gasteiger charge is -1.98. The molecule has 0 bridgehead atoms. The van der Waals surface area contributed by atoms with E-state index in [0.717, 1.165) is 0 Å². The quantitative estimate of drug-likeness (QED) is 0.450. The maximum Gasteiger partial charge on any atom is 0.252 e. The topological polar surface area (TPSA) is 29.0 Å². The molecule has 0 aromatic carbocycles. The molecule has 0 saturated heterocycles. The number of nitrogens with zero attached hydrogens (tertiary/aromatic N) is 1. The lowest BCUT2D eigenvalue weighted by Crippen LogP contribution is -3.00. The van der Waals surface area contributed by atoms with Gasteiger partial charge in [-0.1, -0.05) is 11.8 Å². The van der Waals surface area contributed by atoms with Gasteiger partial charge < -0.3 is 17.0 Å². The lowest BCUT2D eigenvalue weighted by molar-refractivity contribution is -0.530. The van der Waals surface area contributed by atoms with Gasteiger partial charge in [-0.2, -0.15) is 0 Å². The van der Waals surface area contributed by atoms with E-state index in [2.05, 4.69) is 4.58 Å². The standard InChI is InChI=1S/C6H11N2S.BrH/c7-6-8-3-1-2-5(8)4-9-6;/h6H,1-4,7H2;1H/q+1;/p-1. The second-order valence-corrected chi connectivity index (χ2v) is 3.67. The summed E-state index contributed by atoms with van der Waals surface area (Å²) in [5.41, 5.74) is 7.64. The third-order valence-electron chi connectivity index (χ3n) is 2.00. The minimum atomic E-state index is 0. The second kappa shape index (κ2) is 3.24. The van der Waals surface area contributed by atoms with Crippen LogP contribution in [0.25, 0.3) is 0 Å². The summed E-state index contributed by atoms with van der Waals surface area (Å²) >= 11 is 1.86. The van der Waals surface area contributed by atoms with Crippen LogP contribution in [0.15, 0.2) is 0 Å². The van der Waals surface area contributed by atoms with Gasteiger partial charge in [0.1, 0.15) is 6.54 Å². The van der Waals surface area contributed by atoms with E-state index in [1.807, 2.05) is 11.8 Å². The lowest BCUT2D eigenvalue weighted by atomic mass is 10.3. The van der Waals surface area contributed by atoms with E-state index in [0.29, 0.717) is 0 Å². The van der Waals surface area contributed by atoms with E-state index >= 15 is 0 Å². The molecule has 4 heteroatoms. The van der Waals surface area contributed by atoms with Crippen molar-refractivity contribution in [2.45, 2.75) is 18.3 Å². The van der Waals surface area contributed by atoms with Gasteiger partial charge in [0, 0.05) is 12.8 Å². The third kappa shape index (κ3) is 1.24.